The van der Waals surface area contributed by atoms with Crippen LogP contribution in [0.3, 0.4) is 0 Å². The summed E-state index contributed by atoms with van der Waals surface area (Å²) in [7, 11) is 0. The molecule has 0 N–H and O–H groups in total. The van der Waals surface area contributed by atoms with Crippen LogP contribution in [0.1, 0.15) is 23.6 Å². The SMILES string of the molecule is CC(=Cc1ccc(C)cc1)c1ccccc1. The van der Waals surface area contributed by atoms with E-state index in [1.807, 2.05) is 6.07 Å². The molecule has 0 amide bonds. The standard InChI is InChI=1S/C16H16/c1-13-8-10-15(11-9-13)12-14(2)16-6-4-3-5-7-16/h3-12H,1-2H3. The highest BCUT2D eigenvalue weighted by Gasteiger charge is 1.94. The Labute approximate surface area is 97.3 Å². The highest BCUT2D eigenvalue weighted by Crippen LogP contribution is 2.17. The van der Waals surface area contributed by atoms with E-state index < -0.39 is 0 Å². The summed E-state index contributed by atoms with van der Waals surface area (Å²) < 4.78 is 0. The maximum Gasteiger partial charge on any atom is -0.0227 e. The van der Waals surface area contributed by atoms with Crippen LogP contribution in [0.25, 0.3) is 11.6 Å². The molecule has 0 atom stereocenters. The normalized spacial score (nSPS) is 11.5. The number of benzene rings is 2. The maximum atomic E-state index is 2.22. The molecule has 0 fully saturated rings. The molecule has 0 saturated carbocycles. The minimum Gasteiger partial charge on any atom is -0.0622 e. The minimum absolute atomic E-state index is 1.26. The van der Waals surface area contributed by atoms with Gasteiger partial charge in [0.15, 0.2) is 0 Å². The first-order valence-electron chi connectivity index (χ1n) is 5.56. The molecule has 0 unspecified atom stereocenters. The van der Waals surface area contributed by atoms with Crippen molar-refractivity contribution in [2.45, 2.75) is 13.8 Å². The fourth-order valence-electron chi connectivity index (χ4n) is 1.70. The van der Waals surface area contributed by atoms with Gasteiger partial charge < -0.3 is 0 Å². The van der Waals surface area contributed by atoms with Gasteiger partial charge in [-0.05, 0) is 30.5 Å². The molecule has 0 aliphatic heterocycles. The van der Waals surface area contributed by atoms with Crippen LogP contribution in [0.15, 0.2) is 54.6 Å². The van der Waals surface area contributed by atoms with E-state index in [1.165, 1.54) is 22.3 Å². The summed E-state index contributed by atoms with van der Waals surface area (Å²) in [4.78, 5) is 0. The van der Waals surface area contributed by atoms with Crippen molar-refractivity contribution in [1.82, 2.24) is 0 Å². The Kier molecular flexibility index (Phi) is 3.21. The maximum absolute atomic E-state index is 2.22. The molecule has 80 valence electrons. The van der Waals surface area contributed by atoms with E-state index in [1.54, 1.807) is 0 Å². The molecule has 0 aliphatic carbocycles. The van der Waals surface area contributed by atoms with Crippen LogP contribution in [0.2, 0.25) is 0 Å². The lowest BCUT2D eigenvalue weighted by atomic mass is 10.0. The number of rotatable bonds is 2. The monoisotopic (exact) mass is 208 g/mol. The summed E-state index contributed by atoms with van der Waals surface area (Å²) in [5.74, 6) is 0. The van der Waals surface area contributed by atoms with Crippen molar-refractivity contribution in [2.75, 3.05) is 0 Å². The van der Waals surface area contributed by atoms with E-state index in [0.717, 1.165) is 0 Å². The van der Waals surface area contributed by atoms with Gasteiger partial charge in [0.25, 0.3) is 0 Å². The summed E-state index contributed by atoms with van der Waals surface area (Å²) in [6.07, 6.45) is 2.22. The van der Waals surface area contributed by atoms with Crippen LogP contribution in [0.5, 0.6) is 0 Å². The predicted octanol–water partition coefficient (Wildman–Crippen LogP) is 4.56. The van der Waals surface area contributed by atoms with Crippen molar-refractivity contribution < 1.29 is 0 Å². The van der Waals surface area contributed by atoms with Gasteiger partial charge in [-0.15, -0.1) is 0 Å². The quantitative estimate of drug-likeness (QED) is 0.635. The Morgan fingerprint density at radius 1 is 0.875 bits per heavy atom. The highest BCUT2D eigenvalue weighted by atomic mass is 14.0. The second-order valence-electron chi connectivity index (χ2n) is 4.10. The molecular formula is C16H16. The highest BCUT2D eigenvalue weighted by molar-refractivity contribution is 5.80. The lowest BCUT2D eigenvalue weighted by molar-refractivity contribution is 1.46. The largest absolute Gasteiger partial charge is 0.0622 e. The number of hydrogen-bond donors (Lipinski definition) is 0. The first kappa shape index (κ1) is 10.7. The molecule has 0 heteroatoms. The van der Waals surface area contributed by atoms with Gasteiger partial charge in [0.05, 0.1) is 0 Å². The van der Waals surface area contributed by atoms with E-state index >= 15 is 0 Å². The van der Waals surface area contributed by atoms with Gasteiger partial charge in [-0.1, -0.05) is 66.2 Å². The molecular weight excluding hydrogens is 192 g/mol. The topological polar surface area (TPSA) is 0 Å². The van der Waals surface area contributed by atoms with Crippen LogP contribution in [0, 0.1) is 6.92 Å². The van der Waals surface area contributed by atoms with Crippen molar-refractivity contribution >= 4 is 11.6 Å². The van der Waals surface area contributed by atoms with Crippen molar-refractivity contribution in [1.29, 1.82) is 0 Å². The Balaban J connectivity index is 2.28. The molecule has 0 nitrogen and oxygen atoms in total. The molecule has 2 rings (SSSR count). The Morgan fingerprint density at radius 2 is 1.50 bits per heavy atom. The van der Waals surface area contributed by atoms with E-state index in [2.05, 4.69) is 68.5 Å². The third kappa shape index (κ3) is 2.60. The van der Waals surface area contributed by atoms with E-state index in [-0.39, 0.29) is 0 Å². The van der Waals surface area contributed by atoms with E-state index in [9.17, 15) is 0 Å². The van der Waals surface area contributed by atoms with Gasteiger partial charge >= 0.3 is 0 Å². The lowest BCUT2D eigenvalue weighted by Crippen LogP contribution is -1.79. The second-order valence-corrected chi connectivity index (χ2v) is 4.10. The predicted molar refractivity (Wildman–Crippen MR) is 71.2 cm³/mol. The molecule has 0 saturated heterocycles. The van der Waals surface area contributed by atoms with Crippen LogP contribution in [0.4, 0.5) is 0 Å². The van der Waals surface area contributed by atoms with Crippen LogP contribution in [-0.4, -0.2) is 0 Å². The molecule has 0 radical (unpaired) electrons. The zero-order chi connectivity index (χ0) is 11.4. The van der Waals surface area contributed by atoms with Crippen LogP contribution in [-0.2, 0) is 0 Å². The second kappa shape index (κ2) is 4.80. The molecule has 0 spiro atoms. The van der Waals surface area contributed by atoms with Crippen molar-refractivity contribution in [3.8, 4) is 0 Å². The van der Waals surface area contributed by atoms with Crippen molar-refractivity contribution in [3.63, 3.8) is 0 Å². The van der Waals surface area contributed by atoms with Gasteiger partial charge in [-0.25, -0.2) is 0 Å². The number of aryl methyl sites for hydroxylation is 1. The molecule has 0 bridgehead atoms. The summed E-state index contributed by atoms with van der Waals surface area (Å²) in [6.45, 7) is 4.26. The van der Waals surface area contributed by atoms with Crippen LogP contribution >= 0.6 is 0 Å². The van der Waals surface area contributed by atoms with E-state index in [4.69, 9.17) is 0 Å². The molecule has 0 heterocycles. The summed E-state index contributed by atoms with van der Waals surface area (Å²) in [6, 6.07) is 19.1. The van der Waals surface area contributed by atoms with Crippen molar-refractivity contribution in [3.05, 3.63) is 71.3 Å². The fraction of sp³-hybridized carbons (Fsp3) is 0.125. The molecule has 2 aromatic carbocycles. The Morgan fingerprint density at radius 3 is 2.12 bits per heavy atom. The average Bonchev–Trinajstić information content (AvgIpc) is 2.33. The van der Waals surface area contributed by atoms with Gasteiger partial charge in [0.2, 0.25) is 0 Å². The molecule has 0 aromatic heterocycles. The number of allylic oxidation sites excluding steroid dienone is 1. The first-order chi connectivity index (χ1) is 7.75. The lowest BCUT2D eigenvalue weighted by Gasteiger charge is -2.01. The smallest absolute Gasteiger partial charge is 0.0227 e. The van der Waals surface area contributed by atoms with E-state index in [0.29, 0.717) is 0 Å². The zero-order valence-corrected chi connectivity index (χ0v) is 9.77. The molecule has 2 aromatic rings. The zero-order valence-electron chi connectivity index (χ0n) is 9.77. The Bertz CT molecular complexity index is 475. The summed E-state index contributed by atoms with van der Waals surface area (Å²) in [5.41, 5.74) is 5.13. The van der Waals surface area contributed by atoms with Gasteiger partial charge in [0.1, 0.15) is 0 Å². The third-order valence-corrected chi connectivity index (χ3v) is 2.69. The fourth-order valence-corrected chi connectivity index (χ4v) is 1.70. The summed E-state index contributed by atoms with van der Waals surface area (Å²) >= 11 is 0. The van der Waals surface area contributed by atoms with Gasteiger partial charge in [-0.3, -0.25) is 0 Å². The molecule has 16 heavy (non-hydrogen) atoms. The van der Waals surface area contributed by atoms with Gasteiger partial charge in [-0.2, -0.15) is 0 Å². The van der Waals surface area contributed by atoms with Crippen molar-refractivity contribution in [2.24, 2.45) is 0 Å². The van der Waals surface area contributed by atoms with Gasteiger partial charge in [0, 0.05) is 0 Å². The summed E-state index contributed by atoms with van der Waals surface area (Å²) in [5, 5.41) is 0. The average molecular weight is 208 g/mol. The molecule has 0 aliphatic rings. The first-order valence-corrected chi connectivity index (χ1v) is 5.56. The van der Waals surface area contributed by atoms with Crippen LogP contribution < -0.4 is 0 Å². The minimum atomic E-state index is 1.26. The third-order valence-electron chi connectivity index (χ3n) is 2.69. The number of hydrogen-bond acceptors (Lipinski definition) is 0. The Hall–Kier alpha value is -1.82.